The zero-order chi connectivity index (χ0) is 19.4. The Bertz CT molecular complexity index is 847. The van der Waals surface area contributed by atoms with Crippen molar-refractivity contribution in [2.75, 3.05) is 38.6 Å². The molecule has 142 valence electrons. The van der Waals surface area contributed by atoms with Crippen LogP contribution in [0.1, 0.15) is 23.2 Å². The molecule has 1 aromatic heterocycles. The Kier molecular flexibility index (Phi) is 5.54. The highest BCUT2D eigenvalue weighted by Crippen LogP contribution is 2.21. The minimum Gasteiger partial charge on any atom is -0.497 e. The minimum atomic E-state index is -0.155. The summed E-state index contributed by atoms with van der Waals surface area (Å²) in [6, 6.07) is 9.11. The second-order valence-electron chi connectivity index (χ2n) is 6.34. The van der Waals surface area contributed by atoms with Crippen molar-refractivity contribution in [1.82, 2.24) is 19.8 Å². The summed E-state index contributed by atoms with van der Waals surface area (Å²) in [4.78, 5) is 36.4. The third-order valence-corrected chi connectivity index (χ3v) is 4.41. The van der Waals surface area contributed by atoms with Crippen molar-refractivity contribution in [2.45, 2.75) is 13.8 Å². The van der Waals surface area contributed by atoms with E-state index in [4.69, 9.17) is 4.74 Å². The van der Waals surface area contributed by atoms with Crippen LogP contribution in [-0.4, -0.2) is 64.9 Å². The van der Waals surface area contributed by atoms with Crippen molar-refractivity contribution in [1.29, 1.82) is 0 Å². The smallest absolute Gasteiger partial charge is 0.272 e. The Morgan fingerprint density at radius 1 is 1.07 bits per heavy atom. The van der Waals surface area contributed by atoms with Crippen molar-refractivity contribution in [3.8, 4) is 5.75 Å². The van der Waals surface area contributed by atoms with E-state index in [0.717, 1.165) is 11.4 Å². The van der Waals surface area contributed by atoms with Gasteiger partial charge in [-0.25, -0.2) is 9.97 Å². The Balaban J connectivity index is 1.75. The van der Waals surface area contributed by atoms with Gasteiger partial charge in [-0.15, -0.1) is 0 Å². The number of hydrogen-bond donors (Lipinski definition) is 1. The number of carbonyl (C=O) groups is 2. The van der Waals surface area contributed by atoms with E-state index < -0.39 is 0 Å². The van der Waals surface area contributed by atoms with Crippen molar-refractivity contribution < 1.29 is 14.3 Å². The molecule has 1 aliphatic rings. The first-order valence-corrected chi connectivity index (χ1v) is 8.78. The summed E-state index contributed by atoms with van der Waals surface area (Å²) >= 11 is 0. The summed E-state index contributed by atoms with van der Waals surface area (Å²) < 4.78 is 5.22. The van der Waals surface area contributed by atoms with E-state index in [9.17, 15) is 9.59 Å². The van der Waals surface area contributed by atoms with Gasteiger partial charge in [-0.2, -0.15) is 0 Å². The predicted molar refractivity (Wildman–Crippen MR) is 101 cm³/mol. The molecule has 8 nitrogen and oxygen atoms in total. The number of anilines is 2. The van der Waals surface area contributed by atoms with Gasteiger partial charge in [0.1, 0.15) is 23.1 Å². The molecule has 1 N–H and O–H groups in total. The van der Waals surface area contributed by atoms with Crippen LogP contribution < -0.4 is 10.1 Å². The van der Waals surface area contributed by atoms with Gasteiger partial charge in [-0.1, -0.05) is 6.07 Å². The number of amides is 2. The average Bonchev–Trinajstić information content (AvgIpc) is 2.67. The van der Waals surface area contributed by atoms with Crippen LogP contribution in [0.3, 0.4) is 0 Å². The lowest BCUT2D eigenvalue weighted by atomic mass is 10.2. The van der Waals surface area contributed by atoms with Gasteiger partial charge in [0.15, 0.2) is 0 Å². The molecular formula is C19H23N5O3. The SMILES string of the molecule is COc1cccc(Nc2cc(C(=O)N3CCN(C(C)=O)CC3)nc(C)n2)c1. The molecule has 1 fully saturated rings. The molecule has 1 aromatic carbocycles. The molecule has 0 aliphatic carbocycles. The normalized spacial score (nSPS) is 14.0. The number of benzene rings is 1. The Morgan fingerprint density at radius 3 is 2.44 bits per heavy atom. The quantitative estimate of drug-likeness (QED) is 0.885. The summed E-state index contributed by atoms with van der Waals surface area (Å²) in [5.74, 6) is 1.66. The fourth-order valence-electron chi connectivity index (χ4n) is 2.98. The largest absolute Gasteiger partial charge is 0.497 e. The van der Waals surface area contributed by atoms with Crippen LogP contribution in [0.25, 0.3) is 0 Å². The number of aryl methyl sites for hydroxylation is 1. The zero-order valence-corrected chi connectivity index (χ0v) is 15.7. The number of aromatic nitrogens is 2. The number of nitrogens with one attached hydrogen (secondary N) is 1. The highest BCUT2D eigenvalue weighted by atomic mass is 16.5. The van der Waals surface area contributed by atoms with Crippen molar-refractivity contribution >= 4 is 23.3 Å². The van der Waals surface area contributed by atoms with Gasteiger partial charge in [0.2, 0.25) is 5.91 Å². The topological polar surface area (TPSA) is 87.7 Å². The Hall–Kier alpha value is -3.16. The molecule has 0 atom stereocenters. The number of piperazine rings is 1. The molecule has 2 amide bonds. The molecule has 0 spiro atoms. The molecule has 0 radical (unpaired) electrons. The van der Waals surface area contributed by atoms with E-state index in [1.807, 2.05) is 24.3 Å². The molecule has 1 saturated heterocycles. The van der Waals surface area contributed by atoms with Crippen molar-refractivity contribution in [2.24, 2.45) is 0 Å². The highest BCUT2D eigenvalue weighted by molar-refractivity contribution is 5.93. The van der Waals surface area contributed by atoms with Crippen LogP contribution in [0.5, 0.6) is 5.75 Å². The summed E-state index contributed by atoms with van der Waals surface area (Å²) in [6.07, 6.45) is 0. The number of carbonyl (C=O) groups excluding carboxylic acids is 2. The van der Waals surface area contributed by atoms with Gasteiger partial charge in [0.05, 0.1) is 7.11 Å². The number of ether oxygens (including phenoxy) is 1. The highest BCUT2D eigenvalue weighted by Gasteiger charge is 2.24. The van der Waals surface area contributed by atoms with Gasteiger partial charge in [0, 0.05) is 50.9 Å². The standard InChI is InChI=1S/C19H23N5O3/c1-13-20-17(19(26)24-9-7-23(8-10-24)14(2)25)12-18(21-13)22-15-5-4-6-16(11-15)27-3/h4-6,11-12H,7-10H2,1-3H3,(H,20,21,22). The fraction of sp³-hybridized carbons (Fsp3) is 0.368. The summed E-state index contributed by atoms with van der Waals surface area (Å²) in [7, 11) is 1.61. The van der Waals surface area contributed by atoms with Crippen LogP contribution in [0.4, 0.5) is 11.5 Å². The van der Waals surface area contributed by atoms with E-state index in [-0.39, 0.29) is 11.8 Å². The molecule has 3 rings (SSSR count). The van der Waals surface area contributed by atoms with Gasteiger partial charge in [-0.3, -0.25) is 9.59 Å². The molecule has 0 unspecified atom stereocenters. The number of rotatable bonds is 4. The molecule has 2 heterocycles. The van der Waals surface area contributed by atoms with E-state index in [0.29, 0.717) is 43.5 Å². The summed E-state index contributed by atoms with van der Waals surface area (Å²) in [5, 5.41) is 3.18. The lowest BCUT2D eigenvalue weighted by Crippen LogP contribution is -2.50. The molecule has 0 saturated carbocycles. The molecule has 1 aliphatic heterocycles. The first kappa shape index (κ1) is 18.6. The van der Waals surface area contributed by atoms with Crippen LogP contribution in [-0.2, 0) is 4.79 Å². The van der Waals surface area contributed by atoms with Crippen LogP contribution in [0, 0.1) is 6.92 Å². The first-order valence-electron chi connectivity index (χ1n) is 8.78. The van der Waals surface area contributed by atoms with Gasteiger partial charge < -0.3 is 19.9 Å². The Labute approximate surface area is 158 Å². The maximum absolute atomic E-state index is 12.8. The molecule has 27 heavy (non-hydrogen) atoms. The van der Waals surface area contributed by atoms with E-state index in [1.54, 1.807) is 36.8 Å². The van der Waals surface area contributed by atoms with Crippen molar-refractivity contribution in [3.63, 3.8) is 0 Å². The zero-order valence-electron chi connectivity index (χ0n) is 15.7. The lowest BCUT2D eigenvalue weighted by Gasteiger charge is -2.34. The Morgan fingerprint density at radius 2 is 1.78 bits per heavy atom. The van der Waals surface area contributed by atoms with Gasteiger partial charge >= 0.3 is 0 Å². The van der Waals surface area contributed by atoms with E-state index >= 15 is 0 Å². The predicted octanol–water partition coefficient (Wildman–Crippen LogP) is 1.84. The monoisotopic (exact) mass is 369 g/mol. The van der Waals surface area contributed by atoms with E-state index in [2.05, 4.69) is 15.3 Å². The van der Waals surface area contributed by atoms with Crippen LogP contribution in [0.15, 0.2) is 30.3 Å². The average molecular weight is 369 g/mol. The fourth-order valence-corrected chi connectivity index (χ4v) is 2.98. The van der Waals surface area contributed by atoms with E-state index in [1.165, 1.54) is 0 Å². The molecule has 0 bridgehead atoms. The molecule has 2 aromatic rings. The second-order valence-corrected chi connectivity index (χ2v) is 6.34. The van der Waals surface area contributed by atoms with Gasteiger partial charge in [0.25, 0.3) is 5.91 Å². The van der Waals surface area contributed by atoms with Crippen LogP contribution in [0.2, 0.25) is 0 Å². The maximum Gasteiger partial charge on any atom is 0.272 e. The minimum absolute atomic E-state index is 0.0322. The lowest BCUT2D eigenvalue weighted by molar-refractivity contribution is -0.130. The van der Waals surface area contributed by atoms with Crippen LogP contribution >= 0.6 is 0 Å². The first-order chi connectivity index (χ1) is 13.0. The van der Waals surface area contributed by atoms with Gasteiger partial charge in [-0.05, 0) is 19.1 Å². The summed E-state index contributed by atoms with van der Waals surface area (Å²) in [6.45, 7) is 5.38. The number of hydrogen-bond acceptors (Lipinski definition) is 6. The molecule has 8 heteroatoms. The maximum atomic E-state index is 12.8. The summed E-state index contributed by atoms with van der Waals surface area (Å²) in [5.41, 5.74) is 1.14. The number of methoxy groups -OCH3 is 1. The number of nitrogens with zero attached hydrogens (tertiary/aromatic N) is 4. The molecular weight excluding hydrogens is 346 g/mol. The third kappa shape index (κ3) is 4.52. The second kappa shape index (κ2) is 8.03. The third-order valence-electron chi connectivity index (χ3n) is 4.41. The van der Waals surface area contributed by atoms with Crippen molar-refractivity contribution in [3.05, 3.63) is 41.9 Å².